The molecule has 2 aromatic heterocycles. The second-order valence-electron chi connectivity index (χ2n) is 5.23. The van der Waals surface area contributed by atoms with Crippen LogP contribution in [0.1, 0.15) is 29.2 Å². The van der Waals surface area contributed by atoms with Crippen molar-refractivity contribution in [2.75, 3.05) is 7.05 Å². The van der Waals surface area contributed by atoms with E-state index in [1.165, 1.54) is 25.8 Å². The zero-order valence-electron chi connectivity index (χ0n) is 12.7. The summed E-state index contributed by atoms with van der Waals surface area (Å²) in [5.41, 5.74) is -0.776. The average Bonchev–Trinajstić information content (AvgIpc) is 2.88. The second kappa shape index (κ2) is 5.80. The zero-order valence-corrected chi connectivity index (χ0v) is 13.5. The van der Waals surface area contributed by atoms with Gasteiger partial charge in [-0.1, -0.05) is 0 Å². The van der Waals surface area contributed by atoms with Gasteiger partial charge in [0.2, 0.25) is 0 Å². The Hall–Kier alpha value is -2.35. The zero-order chi connectivity index (χ0) is 16.5. The van der Waals surface area contributed by atoms with Crippen LogP contribution in [0, 0.1) is 6.92 Å². The van der Waals surface area contributed by atoms with E-state index >= 15 is 0 Å². The Labute approximate surface area is 131 Å². The lowest BCUT2D eigenvalue weighted by Gasteiger charge is -2.31. The van der Waals surface area contributed by atoms with E-state index in [0.29, 0.717) is 21.4 Å². The molecule has 2 rings (SSSR count). The fourth-order valence-corrected chi connectivity index (χ4v) is 2.64. The predicted octanol–water partition coefficient (Wildman–Crippen LogP) is 1.84. The maximum absolute atomic E-state index is 12.6. The van der Waals surface area contributed by atoms with E-state index in [1.54, 1.807) is 25.4 Å². The summed E-state index contributed by atoms with van der Waals surface area (Å²) in [6.45, 7) is 4.66. The summed E-state index contributed by atoms with van der Waals surface area (Å²) < 4.78 is 0. The molecule has 0 saturated carbocycles. The van der Waals surface area contributed by atoms with Gasteiger partial charge in [-0.2, -0.15) is 0 Å². The van der Waals surface area contributed by atoms with Crippen molar-refractivity contribution in [3.05, 3.63) is 29.0 Å². The van der Waals surface area contributed by atoms with Gasteiger partial charge in [0.1, 0.15) is 10.4 Å². The minimum Gasteiger partial charge on any atom is -0.480 e. The first kappa shape index (κ1) is 16.0. The van der Waals surface area contributed by atoms with Crippen LogP contribution in [0.2, 0.25) is 0 Å². The fourth-order valence-electron chi connectivity index (χ4n) is 1.65. The molecule has 1 amide bonds. The Bertz CT molecular complexity index is 712. The highest BCUT2D eigenvalue weighted by Gasteiger charge is 2.37. The summed E-state index contributed by atoms with van der Waals surface area (Å²) >= 11 is 1.16. The van der Waals surface area contributed by atoms with E-state index in [2.05, 4.69) is 15.0 Å². The lowest BCUT2D eigenvalue weighted by Crippen LogP contribution is -2.50. The predicted molar refractivity (Wildman–Crippen MR) is 81.7 cm³/mol. The first-order valence-corrected chi connectivity index (χ1v) is 7.33. The minimum absolute atomic E-state index is 0.385. The Morgan fingerprint density at radius 1 is 1.27 bits per heavy atom. The SMILES string of the molecule is Cc1nc(-c2ncccn2)sc1C(=O)N(C)C(C)(C)C(=O)O. The summed E-state index contributed by atoms with van der Waals surface area (Å²) in [7, 11) is 1.47. The van der Waals surface area contributed by atoms with E-state index in [9.17, 15) is 14.7 Å². The summed E-state index contributed by atoms with van der Waals surface area (Å²) in [5, 5.41) is 9.76. The van der Waals surface area contributed by atoms with Crippen molar-refractivity contribution in [1.29, 1.82) is 0 Å². The first-order valence-electron chi connectivity index (χ1n) is 6.51. The van der Waals surface area contributed by atoms with Gasteiger partial charge >= 0.3 is 5.97 Å². The van der Waals surface area contributed by atoms with Crippen LogP contribution in [0.4, 0.5) is 0 Å². The number of rotatable bonds is 4. The van der Waals surface area contributed by atoms with E-state index in [-0.39, 0.29) is 5.91 Å². The Balaban J connectivity index is 2.36. The maximum atomic E-state index is 12.6. The smallest absolute Gasteiger partial charge is 0.329 e. The molecule has 0 saturated heterocycles. The van der Waals surface area contributed by atoms with Gasteiger partial charge in [0.15, 0.2) is 10.8 Å². The highest BCUT2D eigenvalue weighted by atomic mass is 32.1. The number of hydrogen-bond donors (Lipinski definition) is 1. The molecule has 0 bridgehead atoms. The number of carboxylic acids is 1. The summed E-state index contributed by atoms with van der Waals surface area (Å²) in [6, 6.07) is 1.69. The van der Waals surface area contributed by atoms with Crippen LogP contribution < -0.4 is 0 Å². The van der Waals surface area contributed by atoms with Crippen molar-refractivity contribution < 1.29 is 14.7 Å². The third kappa shape index (κ3) is 2.82. The molecular weight excluding hydrogens is 304 g/mol. The van der Waals surface area contributed by atoms with Crippen LogP contribution in [0.15, 0.2) is 18.5 Å². The summed E-state index contributed by atoms with van der Waals surface area (Å²) in [5.74, 6) is -1.02. The molecule has 0 spiro atoms. The molecule has 0 atom stereocenters. The standard InChI is InChI=1S/C14H16N4O3S/c1-8-9(12(19)18(4)14(2,3)13(20)21)22-11(17-8)10-15-6-5-7-16-10/h5-7H,1-4H3,(H,20,21). The van der Waals surface area contributed by atoms with Crippen molar-refractivity contribution >= 4 is 23.2 Å². The molecule has 0 unspecified atom stereocenters. The van der Waals surface area contributed by atoms with Crippen LogP contribution in [0.25, 0.3) is 10.8 Å². The number of carboxylic acid groups (broad SMARTS) is 1. The fraction of sp³-hybridized carbons (Fsp3) is 0.357. The van der Waals surface area contributed by atoms with Crippen molar-refractivity contribution in [3.63, 3.8) is 0 Å². The number of carbonyl (C=O) groups excluding carboxylic acids is 1. The molecule has 8 heteroatoms. The number of amides is 1. The van der Waals surface area contributed by atoms with Crippen molar-refractivity contribution in [2.24, 2.45) is 0 Å². The van der Waals surface area contributed by atoms with Gasteiger partial charge in [0, 0.05) is 19.4 Å². The topological polar surface area (TPSA) is 96.3 Å². The Morgan fingerprint density at radius 2 is 1.86 bits per heavy atom. The van der Waals surface area contributed by atoms with E-state index in [0.717, 1.165) is 11.3 Å². The van der Waals surface area contributed by atoms with Crippen LogP contribution in [0.3, 0.4) is 0 Å². The van der Waals surface area contributed by atoms with Gasteiger partial charge in [0.25, 0.3) is 5.91 Å². The van der Waals surface area contributed by atoms with Gasteiger partial charge < -0.3 is 10.0 Å². The molecule has 2 heterocycles. The van der Waals surface area contributed by atoms with E-state index in [1.807, 2.05) is 0 Å². The van der Waals surface area contributed by atoms with Gasteiger partial charge in [-0.05, 0) is 26.8 Å². The molecule has 0 aliphatic rings. The molecule has 22 heavy (non-hydrogen) atoms. The van der Waals surface area contributed by atoms with Crippen molar-refractivity contribution in [3.8, 4) is 10.8 Å². The van der Waals surface area contributed by atoms with Crippen LogP contribution in [0.5, 0.6) is 0 Å². The Kier molecular flexibility index (Phi) is 4.23. The number of likely N-dealkylation sites (N-methyl/N-ethyl adjacent to an activating group) is 1. The quantitative estimate of drug-likeness (QED) is 0.923. The number of thiazole rings is 1. The summed E-state index contributed by atoms with van der Waals surface area (Å²) in [4.78, 5) is 37.9. The minimum atomic E-state index is -1.31. The average molecular weight is 320 g/mol. The lowest BCUT2D eigenvalue weighted by atomic mass is 10.0. The molecule has 1 N–H and O–H groups in total. The second-order valence-corrected chi connectivity index (χ2v) is 6.23. The third-order valence-corrected chi connectivity index (χ3v) is 4.56. The van der Waals surface area contributed by atoms with Crippen LogP contribution >= 0.6 is 11.3 Å². The number of aryl methyl sites for hydroxylation is 1. The molecule has 0 aliphatic heterocycles. The molecule has 0 radical (unpaired) electrons. The Morgan fingerprint density at radius 3 is 2.41 bits per heavy atom. The molecule has 2 aromatic rings. The van der Waals surface area contributed by atoms with E-state index < -0.39 is 11.5 Å². The number of aromatic nitrogens is 3. The number of nitrogens with zero attached hydrogens (tertiary/aromatic N) is 4. The number of hydrogen-bond acceptors (Lipinski definition) is 6. The highest BCUT2D eigenvalue weighted by Crippen LogP contribution is 2.27. The molecular formula is C14H16N4O3S. The molecule has 116 valence electrons. The van der Waals surface area contributed by atoms with Gasteiger partial charge in [-0.15, -0.1) is 11.3 Å². The molecule has 7 nitrogen and oxygen atoms in total. The van der Waals surface area contributed by atoms with Crippen molar-refractivity contribution in [2.45, 2.75) is 26.3 Å². The molecule has 0 aromatic carbocycles. The lowest BCUT2D eigenvalue weighted by molar-refractivity contribution is -0.147. The normalized spacial score (nSPS) is 11.3. The monoisotopic (exact) mass is 320 g/mol. The van der Waals surface area contributed by atoms with Gasteiger partial charge in [0.05, 0.1) is 5.69 Å². The van der Waals surface area contributed by atoms with Crippen molar-refractivity contribution in [1.82, 2.24) is 19.9 Å². The number of aliphatic carboxylic acids is 1. The maximum Gasteiger partial charge on any atom is 0.329 e. The largest absolute Gasteiger partial charge is 0.480 e. The van der Waals surface area contributed by atoms with Gasteiger partial charge in [-0.3, -0.25) is 4.79 Å². The van der Waals surface area contributed by atoms with Crippen LogP contribution in [-0.4, -0.2) is 49.4 Å². The number of carbonyl (C=O) groups is 2. The van der Waals surface area contributed by atoms with Crippen LogP contribution in [-0.2, 0) is 4.79 Å². The first-order chi connectivity index (χ1) is 10.2. The summed E-state index contributed by atoms with van der Waals surface area (Å²) in [6.07, 6.45) is 3.19. The molecule has 0 aliphatic carbocycles. The third-order valence-electron chi connectivity index (χ3n) is 3.41. The highest BCUT2D eigenvalue weighted by molar-refractivity contribution is 7.17. The molecule has 0 fully saturated rings. The van der Waals surface area contributed by atoms with Gasteiger partial charge in [-0.25, -0.2) is 19.7 Å². The van der Waals surface area contributed by atoms with E-state index in [4.69, 9.17) is 0 Å².